The van der Waals surface area contributed by atoms with Crippen molar-refractivity contribution in [1.82, 2.24) is 29.9 Å². The number of benzene rings is 3. The quantitative estimate of drug-likeness (QED) is 0.100. The molecule has 5 aromatic rings. The van der Waals surface area contributed by atoms with E-state index in [1.807, 2.05) is 44.2 Å². The van der Waals surface area contributed by atoms with Crippen LogP contribution in [0.15, 0.2) is 59.3 Å². The molecule has 3 aromatic carbocycles. The second-order valence-electron chi connectivity index (χ2n) is 13.6. The maximum atomic E-state index is 13.9. The van der Waals surface area contributed by atoms with E-state index >= 15 is 0 Å². The number of aromatic nitrogens is 4. The van der Waals surface area contributed by atoms with Gasteiger partial charge in [0.15, 0.2) is 28.8 Å². The second-order valence-corrected chi connectivity index (χ2v) is 13.6. The van der Waals surface area contributed by atoms with Crippen molar-refractivity contribution >= 4 is 23.2 Å². The highest BCUT2D eigenvalue weighted by atomic mass is 16.5. The molecule has 6 rings (SSSR count). The molecule has 296 valence electrons. The van der Waals surface area contributed by atoms with Crippen molar-refractivity contribution in [2.45, 2.75) is 40.0 Å². The summed E-state index contributed by atoms with van der Waals surface area (Å²) in [5, 5.41) is 10.1. The molecule has 0 aliphatic carbocycles. The summed E-state index contributed by atoms with van der Waals surface area (Å²) in [4.78, 5) is 32.2. The number of piperazine rings is 1. The van der Waals surface area contributed by atoms with Gasteiger partial charge in [0, 0.05) is 68.8 Å². The Hall–Kier alpha value is -5.93. The number of nitrogens with zero attached hydrogens (tertiary/aromatic N) is 6. The summed E-state index contributed by atoms with van der Waals surface area (Å²) in [5.41, 5.74) is 4.19. The minimum absolute atomic E-state index is 0.0134. The lowest BCUT2D eigenvalue weighted by molar-refractivity contribution is 0.102. The zero-order chi connectivity index (χ0) is 39.6. The third-order valence-corrected chi connectivity index (χ3v) is 9.52. The Kier molecular flexibility index (Phi) is 13.2. The molecule has 1 saturated heterocycles. The molecule has 0 unspecified atom stereocenters. The van der Waals surface area contributed by atoms with Crippen molar-refractivity contribution in [3.8, 4) is 34.6 Å². The van der Waals surface area contributed by atoms with E-state index in [9.17, 15) is 4.79 Å². The average Bonchev–Trinajstić information content (AvgIpc) is 3.62. The SMILES string of the molecule is COc1cc(CCc2nc(C)no2)ccc1Oc1nc(Nc2cc(OC)c(OC)c(OCCCN3CCN(C)CC3)c2)ncc1C(=O)Nc1c(C)cccc1C. The molecular formula is C41H50N8O7. The number of carbonyl (C=O) groups is 1. The van der Waals surface area contributed by atoms with Gasteiger partial charge in [-0.2, -0.15) is 9.97 Å². The first kappa shape index (κ1) is 39.8. The number of hydrogen-bond donors (Lipinski definition) is 2. The number of hydrogen-bond acceptors (Lipinski definition) is 14. The normalized spacial score (nSPS) is 13.3. The first-order valence-electron chi connectivity index (χ1n) is 18.6. The first-order chi connectivity index (χ1) is 27.1. The third kappa shape index (κ3) is 10.0. The van der Waals surface area contributed by atoms with E-state index in [0.717, 1.165) is 55.8 Å². The van der Waals surface area contributed by atoms with Gasteiger partial charge in [-0.15, -0.1) is 0 Å². The number of nitrogens with one attached hydrogen (secondary N) is 2. The van der Waals surface area contributed by atoms with Crippen molar-refractivity contribution in [2.24, 2.45) is 0 Å². The van der Waals surface area contributed by atoms with Crippen LogP contribution in [0.25, 0.3) is 0 Å². The van der Waals surface area contributed by atoms with E-state index in [1.165, 1.54) is 6.20 Å². The Morgan fingerprint density at radius 1 is 0.857 bits per heavy atom. The topological polar surface area (TPSA) is 158 Å². The highest BCUT2D eigenvalue weighted by Crippen LogP contribution is 2.41. The van der Waals surface area contributed by atoms with E-state index in [4.69, 9.17) is 33.2 Å². The second kappa shape index (κ2) is 18.6. The number of likely N-dealkylation sites (N-methyl/N-ethyl adjacent to an activating group) is 1. The van der Waals surface area contributed by atoms with Crippen LogP contribution in [-0.4, -0.2) is 104 Å². The van der Waals surface area contributed by atoms with Crippen LogP contribution in [0.4, 0.5) is 17.3 Å². The van der Waals surface area contributed by atoms with Gasteiger partial charge in [0.05, 0.1) is 27.9 Å². The van der Waals surface area contributed by atoms with Gasteiger partial charge in [0.25, 0.3) is 5.91 Å². The van der Waals surface area contributed by atoms with E-state index in [1.54, 1.807) is 46.5 Å². The van der Waals surface area contributed by atoms with E-state index in [2.05, 4.69) is 42.6 Å². The van der Waals surface area contributed by atoms with Gasteiger partial charge in [-0.1, -0.05) is 29.4 Å². The third-order valence-electron chi connectivity index (χ3n) is 9.52. The molecule has 1 aliphatic heterocycles. The van der Waals surface area contributed by atoms with Crippen LogP contribution >= 0.6 is 0 Å². The number of rotatable bonds is 17. The standard InChI is InChI=1S/C41H50N8O7/c1-26-10-8-11-27(2)37(26)45-39(50)31-25-42-41(46-40(31)55-32-14-12-29(22-33(32)51-5)13-15-36-43-28(3)47-56-36)44-30-23-34(52-6)38(53-7)35(24-30)54-21-9-16-49-19-17-48(4)18-20-49/h8,10-12,14,22-25H,9,13,15-21H2,1-7H3,(H,45,50)(H,42,44,46). The summed E-state index contributed by atoms with van der Waals surface area (Å²) < 4.78 is 35.0. The lowest BCUT2D eigenvalue weighted by Gasteiger charge is -2.32. The Bertz CT molecular complexity index is 2100. The molecule has 0 bridgehead atoms. The van der Waals surface area contributed by atoms with Crippen LogP contribution in [0, 0.1) is 20.8 Å². The highest BCUT2D eigenvalue weighted by Gasteiger charge is 2.22. The van der Waals surface area contributed by atoms with Gasteiger partial charge >= 0.3 is 0 Å². The number of ether oxygens (including phenoxy) is 5. The molecule has 2 aromatic heterocycles. The van der Waals surface area contributed by atoms with Crippen molar-refractivity contribution in [3.05, 3.63) is 88.7 Å². The molecule has 0 radical (unpaired) electrons. The fraction of sp³-hybridized carbons (Fsp3) is 0.390. The van der Waals surface area contributed by atoms with Gasteiger partial charge in [-0.05, 0) is 69.5 Å². The summed E-state index contributed by atoms with van der Waals surface area (Å²) in [5.74, 6) is 3.14. The summed E-state index contributed by atoms with van der Waals surface area (Å²) >= 11 is 0. The van der Waals surface area contributed by atoms with E-state index in [-0.39, 0.29) is 17.4 Å². The van der Waals surface area contributed by atoms with Gasteiger partial charge in [0.1, 0.15) is 5.56 Å². The monoisotopic (exact) mass is 766 g/mol. The summed E-state index contributed by atoms with van der Waals surface area (Å²) in [6, 6.07) is 14.9. The van der Waals surface area contributed by atoms with Gasteiger partial charge in [-0.25, -0.2) is 4.98 Å². The fourth-order valence-corrected chi connectivity index (χ4v) is 6.38. The molecule has 0 saturated carbocycles. The van der Waals surface area contributed by atoms with Crippen molar-refractivity contribution < 1.29 is 33.0 Å². The molecule has 0 atom stereocenters. The Labute approximate surface area is 327 Å². The largest absolute Gasteiger partial charge is 0.493 e. The van der Waals surface area contributed by atoms with Crippen LogP contribution < -0.4 is 34.3 Å². The number of para-hydroxylation sites is 1. The van der Waals surface area contributed by atoms with Gasteiger partial charge < -0.3 is 48.6 Å². The lowest BCUT2D eigenvalue weighted by Crippen LogP contribution is -2.44. The zero-order valence-electron chi connectivity index (χ0n) is 33.1. The molecule has 1 aliphatic rings. The molecule has 2 N–H and O–H groups in total. The van der Waals surface area contributed by atoms with Crippen molar-refractivity contribution in [1.29, 1.82) is 0 Å². The molecule has 3 heterocycles. The van der Waals surface area contributed by atoms with Gasteiger partial charge in [-0.3, -0.25) is 4.79 Å². The smallest absolute Gasteiger partial charge is 0.262 e. The average molecular weight is 767 g/mol. The van der Waals surface area contributed by atoms with E-state index < -0.39 is 5.91 Å². The van der Waals surface area contributed by atoms with Crippen LogP contribution in [0.3, 0.4) is 0 Å². The summed E-state index contributed by atoms with van der Waals surface area (Å²) in [7, 11) is 6.84. The predicted molar refractivity (Wildman–Crippen MR) is 212 cm³/mol. The number of methoxy groups -OCH3 is 3. The maximum absolute atomic E-state index is 13.9. The lowest BCUT2D eigenvalue weighted by atomic mass is 10.1. The van der Waals surface area contributed by atoms with Crippen LogP contribution in [0.5, 0.6) is 34.6 Å². The number of carbonyl (C=O) groups excluding carboxylic acids is 1. The predicted octanol–water partition coefficient (Wildman–Crippen LogP) is 6.40. The summed E-state index contributed by atoms with van der Waals surface area (Å²) in [6.45, 7) is 11.3. The van der Waals surface area contributed by atoms with Crippen LogP contribution in [0.2, 0.25) is 0 Å². The number of anilines is 3. The van der Waals surface area contributed by atoms with Crippen LogP contribution in [-0.2, 0) is 12.8 Å². The fourth-order valence-electron chi connectivity index (χ4n) is 6.38. The minimum Gasteiger partial charge on any atom is -0.493 e. The molecule has 15 nitrogen and oxygen atoms in total. The summed E-state index contributed by atoms with van der Waals surface area (Å²) in [6.07, 6.45) is 3.48. The minimum atomic E-state index is -0.437. The molecular weight excluding hydrogens is 716 g/mol. The Morgan fingerprint density at radius 3 is 2.30 bits per heavy atom. The molecule has 56 heavy (non-hydrogen) atoms. The van der Waals surface area contributed by atoms with E-state index in [0.29, 0.717) is 71.3 Å². The maximum Gasteiger partial charge on any atom is 0.262 e. The first-order valence-corrected chi connectivity index (χ1v) is 18.6. The Morgan fingerprint density at radius 2 is 1.61 bits per heavy atom. The van der Waals surface area contributed by atoms with Gasteiger partial charge in [0.2, 0.25) is 23.5 Å². The van der Waals surface area contributed by atoms with Crippen molar-refractivity contribution in [2.75, 3.05) is 78.3 Å². The highest BCUT2D eigenvalue weighted by molar-refractivity contribution is 6.06. The number of aryl methyl sites for hydroxylation is 5. The molecule has 15 heteroatoms. The van der Waals surface area contributed by atoms with Crippen molar-refractivity contribution in [3.63, 3.8) is 0 Å². The molecule has 0 spiro atoms. The molecule has 1 fully saturated rings. The zero-order valence-corrected chi connectivity index (χ0v) is 33.1. The number of amides is 1. The Balaban J connectivity index is 1.25. The van der Waals surface area contributed by atoms with Crippen LogP contribution in [0.1, 0.15) is 45.2 Å². The molecule has 1 amide bonds.